The first-order valence-corrected chi connectivity index (χ1v) is 10.1. The van der Waals surface area contributed by atoms with Crippen LogP contribution in [0.1, 0.15) is 22.3 Å². The fourth-order valence-electron chi connectivity index (χ4n) is 5.02. The molecule has 0 saturated carbocycles. The number of likely N-dealkylation sites (tertiary alicyclic amines) is 1. The molecular formula is C20H13Br2NO4. The molecule has 27 heavy (non-hydrogen) atoms. The van der Waals surface area contributed by atoms with Crippen molar-refractivity contribution in [2.45, 2.75) is 8.65 Å². The largest absolute Gasteiger partial charge is 0.480 e. The topological polar surface area (TPSA) is 74.7 Å². The highest BCUT2D eigenvalue weighted by Crippen LogP contribution is 2.70. The number of carboxylic acids is 1. The summed E-state index contributed by atoms with van der Waals surface area (Å²) in [7, 11) is 0. The van der Waals surface area contributed by atoms with Crippen LogP contribution in [0.2, 0.25) is 0 Å². The third kappa shape index (κ3) is 1.82. The zero-order valence-electron chi connectivity index (χ0n) is 13.9. The Hall–Kier alpha value is -1.99. The second-order valence-corrected chi connectivity index (χ2v) is 9.63. The van der Waals surface area contributed by atoms with Crippen molar-refractivity contribution >= 4 is 49.6 Å². The van der Waals surface area contributed by atoms with Crippen molar-refractivity contribution in [2.75, 3.05) is 6.54 Å². The Morgan fingerprint density at radius 3 is 1.48 bits per heavy atom. The fraction of sp³-hybridized carbons (Fsp3) is 0.250. The average molecular weight is 491 g/mol. The molecule has 1 N–H and O–H groups in total. The van der Waals surface area contributed by atoms with Gasteiger partial charge in [-0.1, -0.05) is 80.4 Å². The molecule has 4 aliphatic rings. The van der Waals surface area contributed by atoms with Gasteiger partial charge >= 0.3 is 5.97 Å². The smallest absolute Gasteiger partial charge is 0.323 e. The van der Waals surface area contributed by atoms with Crippen molar-refractivity contribution in [3.05, 3.63) is 70.8 Å². The van der Waals surface area contributed by atoms with Crippen molar-refractivity contribution in [1.29, 1.82) is 0 Å². The van der Waals surface area contributed by atoms with E-state index in [4.69, 9.17) is 0 Å². The van der Waals surface area contributed by atoms with Gasteiger partial charge in [0.25, 0.3) is 0 Å². The number of alkyl halides is 2. The Bertz CT molecular complexity index is 928. The summed E-state index contributed by atoms with van der Waals surface area (Å²) >= 11 is 7.71. The Morgan fingerprint density at radius 1 is 0.852 bits per heavy atom. The molecule has 3 aliphatic carbocycles. The lowest BCUT2D eigenvalue weighted by Gasteiger charge is -2.55. The molecule has 1 aliphatic heterocycles. The Kier molecular flexibility index (Phi) is 3.36. The number of benzene rings is 2. The van der Waals surface area contributed by atoms with Gasteiger partial charge in [0.05, 0.1) is 20.5 Å². The number of halogens is 2. The Balaban J connectivity index is 1.86. The maximum atomic E-state index is 13.2. The number of hydrogen-bond acceptors (Lipinski definition) is 3. The van der Waals surface area contributed by atoms with Gasteiger partial charge in [-0.15, -0.1) is 0 Å². The van der Waals surface area contributed by atoms with E-state index in [0.717, 1.165) is 27.2 Å². The number of imide groups is 1. The summed E-state index contributed by atoms with van der Waals surface area (Å²) < 4.78 is -1.75. The number of rotatable bonds is 2. The lowest BCUT2D eigenvalue weighted by atomic mass is 9.54. The third-order valence-electron chi connectivity index (χ3n) is 5.97. The van der Waals surface area contributed by atoms with Crippen molar-refractivity contribution in [3.8, 4) is 0 Å². The molecule has 2 amide bonds. The highest BCUT2D eigenvalue weighted by Gasteiger charge is 2.72. The van der Waals surface area contributed by atoms with E-state index in [-0.39, 0.29) is 0 Å². The van der Waals surface area contributed by atoms with Gasteiger partial charge in [0.15, 0.2) is 0 Å². The first kappa shape index (κ1) is 17.1. The molecule has 136 valence electrons. The molecule has 0 aromatic heterocycles. The van der Waals surface area contributed by atoms with Crippen LogP contribution in [0.25, 0.3) is 0 Å². The molecule has 1 saturated heterocycles. The minimum absolute atomic E-state index is 0.447. The zero-order valence-corrected chi connectivity index (χ0v) is 17.0. The van der Waals surface area contributed by atoms with E-state index in [1.54, 1.807) is 0 Å². The van der Waals surface area contributed by atoms with Gasteiger partial charge < -0.3 is 5.11 Å². The average Bonchev–Trinajstić information content (AvgIpc) is 2.91. The normalized spacial score (nSPS) is 32.9. The standard InChI is InChI=1S/C20H13Br2NO4/c21-19-10-5-1-2-6-11(10)20(22,13-8-4-3-7-12(13)19)16-15(19)17(26)23(18(16)27)9-14(24)25/h1-8,15-16H,9H2,(H,24,25)/t15-,16-,19?,20?/m0/s1. The molecule has 2 aromatic rings. The van der Waals surface area contributed by atoms with E-state index < -0.39 is 44.8 Å². The van der Waals surface area contributed by atoms with E-state index in [2.05, 4.69) is 31.9 Å². The lowest BCUT2D eigenvalue weighted by molar-refractivity contribution is -0.149. The molecule has 6 rings (SSSR count). The second-order valence-electron chi connectivity index (χ2n) is 7.13. The van der Waals surface area contributed by atoms with Crippen LogP contribution in [0.3, 0.4) is 0 Å². The van der Waals surface area contributed by atoms with Crippen molar-refractivity contribution < 1.29 is 19.5 Å². The first-order valence-electron chi connectivity index (χ1n) is 8.47. The summed E-state index contributed by atoms with van der Waals surface area (Å²) in [4.78, 5) is 38.6. The Morgan fingerprint density at radius 2 is 1.19 bits per heavy atom. The number of carbonyl (C=O) groups is 3. The molecule has 1 fully saturated rings. The van der Waals surface area contributed by atoms with Crippen LogP contribution in [-0.2, 0) is 23.0 Å². The predicted octanol–water partition coefficient (Wildman–Crippen LogP) is 2.98. The van der Waals surface area contributed by atoms with Gasteiger partial charge in [-0.05, 0) is 22.3 Å². The fourth-order valence-corrected chi connectivity index (χ4v) is 7.32. The van der Waals surface area contributed by atoms with Gasteiger partial charge in [-0.25, -0.2) is 0 Å². The summed E-state index contributed by atoms with van der Waals surface area (Å²) in [5.74, 6) is -3.53. The predicted molar refractivity (Wildman–Crippen MR) is 104 cm³/mol. The van der Waals surface area contributed by atoms with E-state index in [0.29, 0.717) is 0 Å². The van der Waals surface area contributed by atoms with Crippen LogP contribution in [0.15, 0.2) is 48.5 Å². The maximum Gasteiger partial charge on any atom is 0.323 e. The quantitative estimate of drug-likeness (QED) is 0.518. The molecule has 2 atom stereocenters. The summed E-state index contributed by atoms with van der Waals surface area (Å²) in [6, 6.07) is 15.5. The number of hydrogen-bond donors (Lipinski definition) is 1. The zero-order chi connectivity index (χ0) is 19.1. The number of carbonyl (C=O) groups excluding carboxylic acids is 2. The lowest BCUT2D eigenvalue weighted by Crippen LogP contribution is -2.56. The first-order chi connectivity index (χ1) is 12.8. The van der Waals surface area contributed by atoms with E-state index in [9.17, 15) is 19.5 Å². The van der Waals surface area contributed by atoms with Gasteiger partial charge in [0.1, 0.15) is 6.54 Å². The van der Waals surface area contributed by atoms with Gasteiger partial charge in [-0.3, -0.25) is 19.3 Å². The Labute approximate surface area is 171 Å². The van der Waals surface area contributed by atoms with Crippen LogP contribution >= 0.6 is 31.9 Å². The van der Waals surface area contributed by atoms with Crippen molar-refractivity contribution in [2.24, 2.45) is 11.8 Å². The molecular weight excluding hydrogens is 478 g/mol. The number of nitrogens with zero attached hydrogens (tertiary/aromatic N) is 1. The van der Waals surface area contributed by atoms with Crippen LogP contribution in [0.4, 0.5) is 0 Å². The van der Waals surface area contributed by atoms with Crippen LogP contribution < -0.4 is 0 Å². The SMILES string of the molecule is O=C(O)CN1C(=O)[C@@H]2[C@@H](C1=O)C1(Br)c3ccccc3C2(Br)c2ccccc21. The van der Waals surface area contributed by atoms with Crippen LogP contribution in [0.5, 0.6) is 0 Å². The maximum absolute atomic E-state index is 13.2. The molecule has 0 unspecified atom stereocenters. The highest BCUT2D eigenvalue weighted by molar-refractivity contribution is 9.10. The van der Waals surface area contributed by atoms with Crippen molar-refractivity contribution in [1.82, 2.24) is 4.90 Å². The molecule has 7 heteroatoms. The molecule has 2 bridgehead atoms. The van der Waals surface area contributed by atoms with Gasteiger partial charge in [0.2, 0.25) is 11.8 Å². The molecule has 0 spiro atoms. The highest BCUT2D eigenvalue weighted by atomic mass is 79.9. The minimum atomic E-state index is -1.20. The monoisotopic (exact) mass is 489 g/mol. The van der Waals surface area contributed by atoms with Gasteiger partial charge in [-0.2, -0.15) is 0 Å². The summed E-state index contributed by atoms with van der Waals surface area (Å²) in [6.07, 6.45) is 0. The number of amides is 2. The number of aliphatic carboxylic acids is 1. The van der Waals surface area contributed by atoms with E-state index in [1.165, 1.54) is 0 Å². The van der Waals surface area contributed by atoms with E-state index >= 15 is 0 Å². The molecule has 5 nitrogen and oxygen atoms in total. The van der Waals surface area contributed by atoms with E-state index in [1.807, 2.05) is 48.5 Å². The third-order valence-corrected chi connectivity index (χ3v) is 8.67. The number of carboxylic acid groups (broad SMARTS) is 1. The summed E-state index contributed by atoms with van der Waals surface area (Å²) in [6.45, 7) is -0.622. The molecule has 1 heterocycles. The summed E-state index contributed by atoms with van der Waals surface area (Å²) in [5.41, 5.74) is 3.72. The molecule has 2 aromatic carbocycles. The summed E-state index contributed by atoms with van der Waals surface area (Å²) in [5, 5.41) is 9.20. The van der Waals surface area contributed by atoms with Crippen LogP contribution in [-0.4, -0.2) is 34.3 Å². The molecule has 0 radical (unpaired) electrons. The van der Waals surface area contributed by atoms with Crippen molar-refractivity contribution in [3.63, 3.8) is 0 Å². The van der Waals surface area contributed by atoms with Crippen LogP contribution in [0, 0.1) is 11.8 Å². The minimum Gasteiger partial charge on any atom is -0.480 e. The van der Waals surface area contributed by atoms with Gasteiger partial charge in [0, 0.05) is 0 Å². The second kappa shape index (κ2) is 5.29.